The van der Waals surface area contributed by atoms with Crippen molar-refractivity contribution in [3.8, 4) is 0 Å². The molecule has 82 valence electrons. The summed E-state index contributed by atoms with van der Waals surface area (Å²) in [5.74, 6) is 0.233. The molecule has 0 N–H and O–H groups in total. The van der Waals surface area contributed by atoms with Crippen LogP contribution in [0.25, 0.3) is 0 Å². The quantitative estimate of drug-likeness (QED) is 0.683. The van der Waals surface area contributed by atoms with E-state index in [1.165, 1.54) is 0 Å². The predicted octanol–water partition coefficient (Wildman–Crippen LogP) is 1.04. The fraction of sp³-hybridized carbons (Fsp3) is 0.700. The number of hydrogen-bond acceptors (Lipinski definition) is 4. The molecule has 15 heavy (non-hydrogen) atoms. The second kappa shape index (κ2) is 4.00. The van der Waals surface area contributed by atoms with Crippen molar-refractivity contribution in [2.45, 2.75) is 33.2 Å². The molecule has 0 spiro atoms. The third kappa shape index (κ3) is 1.86. The summed E-state index contributed by atoms with van der Waals surface area (Å²) in [6.07, 6.45) is 1.96. The number of aromatic nitrogens is 3. The average Bonchev–Trinajstić information content (AvgIpc) is 2.60. The van der Waals surface area contributed by atoms with Crippen molar-refractivity contribution >= 4 is 5.97 Å². The van der Waals surface area contributed by atoms with Gasteiger partial charge in [-0.05, 0) is 25.7 Å². The first-order chi connectivity index (χ1) is 7.22. The summed E-state index contributed by atoms with van der Waals surface area (Å²) in [5.41, 5.74) is 1.32. The zero-order valence-corrected chi connectivity index (χ0v) is 9.06. The normalized spacial score (nSPS) is 19.7. The van der Waals surface area contributed by atoms with Crippen molar-refractivity contribution < 1.29 is 9.53 Å². The Morgan fingerprint density at radius 2 is 2.47 bits per heavy atom. The molecule has 5 nitrogen and oxygen atoms in total. The van der Waals surface area contributed by atoms with Crippen LogP contribution in [0, 0.1) is 5.92 Å². The highest BCUT2D eigenvalue weighted by Crippen LogP contribution is 2.21. The maximum atomic E-state index is 11.5. The summed E-state index contributed by atoms with van der Waals surface area (Å²) in [6, 6.07) is 0. The maximum absolute atomic E-state index is 11.5. The van der Waals surface area contributed by atoms with Crippen LogP contribution < -0.4 is 0 Å². The monoisotopic (exact) mass is 209 g/mol. The standard InChI is InChI=1S/C10H15N3O2/c1-3-15-10(14)9-8-6-7(2)4-5-13(8)12-11-9/h7H,3-6H2,1-2H3. The van der Waals surface area contributed by atoms with Crippen molar-refractivity contribution in [1.82, 2.24) is 15.0 Å². The van der Waals surface area contributed by atoms with E-state index in [0.717, 1.165) is 25.1 Å². The number of carbonyl (C=O) groups is 1. The molecule has 0 saturated heterocycles. The van der Waals surface area contributed by atoms with Gasteiger partial charge in [0, 0.05) is 6.54 Å². The summed E-state index contributed by atoms with van der Waals surface area (Å²) < 4.78 is 6.74. The summed E-state index contributed by atoms with van der Waals surface area (Å²) in [6.45, 7) is 5.19. The maximum Gasteiger partial charge on any atom is 0.360 e. The zero-order chi connectivity index (χ0) is 10.8. The first-order valence-corrected chi connectivity index (χ1v) is 5.31. The molecule has 5 heteroatoms. The van der Waals surface area contributed by atoms with Gasteiger partial charge in [-0.3, -0.25) is 0 Å². The van der Waals surface area contributed by atoms with E-state index in [2.05, 4.69) is 17.2 Å². The van der Waals surface area contributed by atoms with Crippen LogP contribution in [-0.4, -0.2) is 27.6 Å². The smallest absolute Gasteiger partial charge is 0.360 e. The summed E-state index contributed by atoms with van der Waals surface area (Å²) in [7, 11) is 0. The minimum atomic E-state index is -0.354. The predicted molar refractivity (Wildman–Crippen MR) is 53.5 cm³/mol. The highest BCUT2D eigenvalue weighted by Gasteiger charge is 2.25. The van der Waals surface area contributed by atoms with Gasteiger partial charge in [-0.2, -0.15) is 0 Å². The summed E-state index contributed by atoms with van der Waals surface area (Å²) >= 11 is 0. The molecule has 0 aliphatic carbocycles. The first kappa shape index (κ1) is 10.1. The van der Waals surface area contributed by atoms with Gasteiger partial charge in [0.25, 0.3) is 0 Å². The molecule has 1 unspecified atom stereocenters. The third-order valence-electron chi connectivity index (χ3n) is 2.68. The number of carbonyl (C=O) groups excluding carboxylic acids is 1. The van der Waals surface area contributed by atoms with Crippen molar-refractivity contribution in [1.29, 1.82) is 0 Å². The molecule has 1 aliphatic rings. The number of rotatable bonds is 2. The number of fused-ring (bicyclic) bond motifs is 1. The molecule has 0 bridgehead atoms. The third-order valence-corrected chi connectivity index (χ3v) is 2.68. The fourth-order valence-electron chi connectivity index (χ4n) is 1.85. The van der Waals surface area contributed by atoms with Crippen LogP contribution in [-0.2, 0) is 17.7 Å². The molecular weight excluding hydrogens is 194 g/mol. The van der Waals surface area contributed by atoms with E-state index >= 15 is 0 Å². The Kier molecular flexibility index (Phi) is 2.70. The molecular formula is C10H15N3O2. The van der Waals surface area contributed by atoms with Crippen LogP contribution in [0.15, 0.2) is 0 Å². The molecule has 0 saturated carbocycles. The van der Waals surface area contributed by atoms with Crippen LogP contribution in [0.4, 0.5) is 0 Å². The average molecular weight is 209 g/mol. The van der Waals surface area contributed by atoms with Gasteiger partial charge >= 0.3 is 5.97 Å². The Hall–Kier alpha value is -1.39. The van der Waals surface area contributed by atoms with Crippen LogP contribution >= 0.6 is 0 Å². The van der Waals surface area contributed by atoms with E-state index in [9.17, 15) is 4.79 Å². The highest BCUT2D eigenvalue weighted by molar-refractivity contribution is 5.88. The highest BCUT2D eigenvalue weighted by atomic mass is 16.5. The van der Waals surface area contributed by atoms with E-state index in [1.807, 2.05) is 4.68 Å². The second-order valence-corrected chi connectivity index (χ2v) is 3.93. The van der Waals surface area contributed by atoms with Gasteiger partial charge in [-0.15, -0.1) is 5.10 Å². The van der Waals surface area contributed by atoms with E-state index in [4.69, 9.17) is 4.74 Å². The van der Waals surface area contributed by atoms with Gasteiger partial charge in [0.2, 0.25) is 0 Å². The van der Waals surface area contributed by atoms with Crippen molar-refractivity contribution in [2.24, 2.45) is 5.92 Å². The van der Waals surface area contributed by atoms with Crippen LogP contribution in [0.2, 0.25) is 0 Å². The van der Waals surface area contributed by atoms with Gasteiger partial charge in [-0.1, -0.05) is 12.1 Å². The molecule has 1 aromatic rings. The number of esters is 1. The lowest BCUT2D eigenvalue weighted by Crippen LogP contribution is -2.20. The largest absolute Gasteiger partial charge is 0.461 e. The van der Waals surface area contributed by atoms with Crippen LogP contribution in [0.5, 0.6) is 0 Å². The van der Waals surface area contributed by atoms with Gasteiger partial charge < -0.3 is 4.74 Å². The van der Waals surface area contributed by atoms with Crippen molar-refractivity contribution in [2.75, 3.05) is 6.61 Å². The fourth-order valence-corrected chi connectivity index (χ4v) is 1.85. The molecule has 1 aliphatic heterocycles. The van der Waals surface area contributed by atoms with E-state index in [0.29, 0.717) is 18.2 Å². The lowest BCUT2D eigenvalue weighted by atomic mass is 9.97. The molecule has 0 radical (unpaired) electrons. The molecule has 1 atom stereocenters. The van der Waals surface area contributed by atoms with Gasteiger partial charge in [0.15, 0.2) is 5.69 Å². The SMILES string of the molecule is CCOC(=O)c1nnn2c1CC(C)CC2. The second-order valence-electron chi connectivity index (χ2n) is 3.93. The molecule has 2 heterocycles. The van der Waals surface area contributed by atoms with Crippen molar-refractivity contribution in [3.63, 3.8) is 0 Å². The molecule has 0 amide bonds. The Morgan fingerprint density at radius 3 is 3.20 bits per heavy atom. The zero-order valence-electron chi connectivity index (χ0n) is 9.06. The number of hydrogen-bond donors (Lipinski definition) is 0. The van der Waals surface area contributed by atoms with Crippen LogP contribution in [0.1, 0.15) is 36.5 Å². The van der Waals surface area contributed by atoms with Crippen molar-refractivity contribution in [3.05, 3.63) is 11.4 Å². The lowest BCUT2D eigenvalue weighted by molar-refractivity contribution is 0.0517. The van der Waals surface area contributed by atoms with E-state index < -0.39 is 0 Å². The number of nitrogens with zero attached hydrogens (tertiary/aromatic N) is 3. The summed E-state index contributed by atoms with van der Waals surface area (Å²) in [5, 5.41) is 7.85. The minimum Gasteiger partial charge on any atom is -0.461 e. The van der Waals surface area contributed by atoms with Crippen LogP contribution in [0.3, 0.4) is 0 Å². The first-order valence-electron chi connectivity index (χ1n) is 5.31. The Labute approximate surface area is 88.4 Å². The van der Waals surface area contributed by atoms with E-state index in [-0.39, 0.29) is 5.97 Å². The van der Waals surface area contributed by atoms with Gasteiger partial charge in [0.1, 0.15) is 0 Å². The molecule has 2 rings (SSSR count). The number of ether oxygens (including phenoxy) is 1. The Morgan fingerprint density at radius 1 is 1.67 bits per heavy atom. The van der Waals surface area contributed by atoms with Gasteiger partial charge in [-0.25, -0.2) is 9.48 Å². The minimum absolute atomic E-state index is 0.354. The molecule has 1 aromatic heterocycles. The summed E-state index contributed by atoms with van der Waals surface area (Å²) in [4.78, 5) is 11.5. The van der Waals surface area contributed by atoms with E-state index in [1.54, 1.807) is 6.92 Å². The molecule has 0 fully saturated rings. The number of aryl methyl sites for hydroxylation is 1. The Balaban J connectivity index is 2.26. The van der Waals surface area contributed by atoms with Gasteiger partial charge in [0.05, 0.1) is 12.3 Å². The lowest BCUT2D eigenvalue weighted by Gasteiger charge is -2.18. The molecule has 0 aromatic carbocycles. The Bertz CT molecular complexity index is 373. The topological polar surface area (TPSA) is 57.0 Å².